The highest BCUT2D eigenvalue weighted by atomic mass is 16.3. The van der Waals surface area contributed by atoms with Crippen LogP contribution in [0.2, 0.25) is 0 Å². The summed E-state index contributed by atoms with van der Waals surface area (Å²) in [4.78, 5) is 9.59. The molecular weight excluding hydrogens is 104 g/mol. The monoisotopic (exact) mass is 116 g/mol. The number of hydrogen-bond donors (Lipinski definition) is 1. The predicted octanol–water partition coefficient (Wildman–Crippen LogP) is 0.736. The summed E-state index contributed by atoms with van der Waals surface area (Å²) in [6, 6.07) is -0.0625. The maximum atomic E-state index is 9.59. The first-order valence-corrected chi connectivity index (χ1v) is 2.73. The fourth-order valence-corrected chi connectivity index (χ4v) is 0.297. The number of hydrogen-bond acceptors (Lipinski definition) is 3. The van der Waals surface area contributed by atoms with Gasteiger partial charge in [-0.15, -0.1) is 0 Å². The lowest BCUT2D eigenvalue weighted by molar-refractivity contribution is 0.501. The van der Waals surface area contributed by atoms with Gasteiger partial charge in [-0.3, -0.25) is 0 Å². The van der Waals surface area contributed by atoms with Crippen molar-refractivity contribution in [2.45, 2.75) is 19.9 Å². The molecule has 0 fully saturated rings. The molecule has 48 valence electrons. The molecule has 0 aromatic rings. The minimum atomic E-state index is -0.0625. The van der Waals surface area contributed by atoms with Crippen molar-refractivity contribution in [3.63, 3.8) is 0 Å². The maximum Gasteiger partial charge on any atom is 0.0964 e. The van der Waals surface area contributed by atoms with Crippen LogP contribution in [0.15, 0.2) is 5.18 Å². The second-order valence-electron chi connectivity index (χ2n) is 2.22. The molecule has 0 rings (SSSR count). The average Bonchev–Trinajstić information content (AvgIpc) is 1.67. The molecule has 3 heteroatoms. The van der Waals surface area contributed by atoms with Crippen molar-refractivity contribution < 1.29 is 0 Å². The van der Waals surface area contributed by atoms with Gasteiger partial charge in [0.05, 0.1) is 6.54 Å². The fraction of sp³-hybridized carbons (Fsp3) is 1.00. The van der Waals surface area contributed by atoms with Crippen molar-refractivity contribution in [3.05, 3.63) is 4.91 Å². The van der Waals surface area contributed by atoms with Gasteiger partial charge >= 0.3 is 0 Å². The molecule has 0 aliphatic rings. The van der Waals surface area contributed by atoms with Crippen LogP contribution in [0.5, 0.6) is 0 Å². The first kappa shape index (κ1) is 7.56. The average molecular weight is 116 g/mol. The Kier molecular flexibility index (Phi) is 3.35. The van der Waals surface area contributed by atoms with E-state index in [9.17, 15) is 4.91 Å². The number of nitrogens with two attached hydrogens (primary N) is 1. The first-order chi connectivity index (χ1) is 3.68. The van der Waals surface area contributed by atoms with E-state index in [1.807, 2.05) is 13.8 Å². The van der Waals surface area contributed by atoms with Gasteiger partial charge in [0, 0.05) is 6.04 Å². The van der Waals surface area contributed by atoms with Crippen LogP contribution >= 0.6 is 0 Å². The van der Waals surface area contributed by atoms with E-state index in [1.165, 1.54) is 0 Å². The van der Waals surface area contributed by atoms with E-state index in [1.54, 1.807) is 0 Å². The molecule has 0 amide bonds. The molecule has 0 aromatic heterocycles. The van der Waals surface area contributed by atoms with Crippen molar-refractivity contribution in [2.75, 3.05) is 6.54 Å². The van der Waals surface area contributed by atoms with Gasteiger partial charge in [-0.1, -0.05) is 19.0 Å². The van der Waals surface area contributed by atoms with Crippen molar-refractivity contribution in [1.29, 1.82) is 0 Å². The highest BCUT2D eigenvalue weighted by Gasteiger charge is 2.05. The zero-order chi connectivity index (χ0) is 6.57. The van der Waals surface area contributed by atoms with Crippen LogP contribution in [-0.2, 0) is 0 Å². The number of rotatable bonds is 3. The molecule has 0 aliphatic heterocycles. The summed E-state index contributed by atoms with van der Waals surface area (Å²) in [6.45, 7) is 4.17. The number of nitroso groups, excluding NO2 is 1. The van der Waals surface area contributed by atoms with Crippen LogP contribution in [0.4, 0.5) is 0 Å². The van der Waals surface area contributed by atoms with Gasteiger partial charge in [0.15, 0.2) is 0 Å². The van der Waals surface area contributed by atoms with E-state index in [2.05, 4.69) is 5.18 Å². The van der Waals surface area contributed by atoms with Crippen LogP contribution < -0.4 is 5.73 Å². The van der Waals surface area contributed by atoms with Crippen LogP contribution in [0.1, 0.15) is 13.8 Å². The zero-order valence-electron chi connectivity index (χ0n) is 5.29. The Hall–Kier alpha value is -0.440. The summed E-state index contributed by atoms with van der Waals surface area (Å²) >= 11 is 0. The second kappa shape index (κ2) is 3.55. The maximum absolute atomic E-state index is 9.59. The van der Waals surface area contributed by atoms with Crippen molar-refractivity contribution in [2.24, 2.45) is 16.8 Å². The number of nitrogens with zero attached hydrogens (tertiary/aromatic N) is 1. The third-order valence-electron chi connectivity index (χ3n) is 1.14. The van der Waals surface area contributed by atoms with Crippen molar-refractivity contribution >= 4 is 0 Å². The normalized spacial score (nSPS) is 14.0. The molecule has 0 spiro atoms. The van der Waals surface area contributed by atoms with E-state index in [-0.39, 0.29) is 12.6 Å². The van der Waals surface area contributed by atoms with Gasteiger partial charge in [-0.05, 0) is 5.92 Å². The van der Waals surface area contributed by atoms with Gasteiger partial charge < -0.3 is 5.73 Å². The Morgan fingerprint density at radius 2 is 2.12 bits per heavy atom. The lowest BCUT2D eigenvalue weighted by Gasteiger charge is -2.09. The Balaban J connectivity index is 3.30. The molecule has 8 heavy (non-hydrogen) atoms. The van der Waals surface area contributed by atoms with E-state index in [4.69, 9.17) is 5.73 Å². The van der Waals surface area contributed by atoms with E-state index in [0.29, 0.717) is 5.92 Å². The first-order valence-electron chi connectivity index (χ1n) is 2.73. The smallest absolute Gasteiger partial charge is 0.0964 e. The van der Waals surface area contributed by atoms with E-state index >= 15 is 0 Å². The quantitative estimate of drug-likeness (QED) is 0.553. The van der Waals surface area contributed by atoms with Crippen LogP contribution in [0.3, 0.4) is 0 Å². The summed E-state index contributed by atoms with van der Waals surface area (Å²) in [5, 5.41) is 2.68. The van der Waals surface area contributed by atoms with Gasteiger partial charge in [0.1, 0.15) is 0 Å². The molecule has 0 heterocycles. The van der Waals surface area contributed by atoms with E-state index in [0.717, 1.165) is 0 Å². The standard InChI is InChI=1S/C5H12N2O/c1-4(2)5(6)3-7-8/h4-5H,3,6H2,1-2H3/t5-/m0/s1. The predicted molar refractivity (Wildman–Crippen MR) is 33.5 cm³/mol. The molecule has 3 nitrogen and oxygen atoms in total. The molecule has 0 saturated heterocycles. The minimum absolute atomic E-state index is 0.0625. The molecule has 0 saturated carbocycles. The molecule has 0 unspecified atom stereocenters. The SMILES string of the molecule is CC(C)[C@@H](N)CN=O. The zero-order valence-corrected chi connectivity index (χ0v) is 5.29. The molecule has 0 radical (unpaired) electrons. The highest BCUT2D eigenvalue weighted by molar-refractivity contribution is 4.66. The summed E-state index contributed by atoms with van der Waals surface area (Å²) in [5.74, 6) is 0.354. The largest absolute Gasteiger partial charge is 0.326 e. The lowest BCUT2D eigenvalue weighted by atomic mass is 10.1. The molecule has 1 atom stereocenters. The van der Waals surface area contributed by atoms with Crippen LogP contribution in [-0.4, -0.2) is 12.6 Å². The fourth-order valence-electron chi connectivity index (χ4n) is 0.297. The molecule has 2 N–H and O–H groups in total. The second-order valence-corrected chi connectivity index (χ2v) is 2.22. The Morgan fingerprint density at radius 3 is 2.25 bits per heavy atom. The molecule has 0 aliphatic carbocycles. The van der Waals surface area contributed by atoms with Crippen LogP contribution in [0, 0.1) is 10.8 Å². The molecular formula is C5H12N2O. The van der Waals surface area contributed by atoms with Gasteiger partial charge in [0.2, 0.25) is 0 Å². The third-order valence-corrected chi connectivity index (χ3v) is 1.14. The van der Waals surface area contributed by atoms with Crippen molar-refractivity contribution in [1.82, 2.24) is 0 Å². The van der Waals surface area contributed by atoms with Gasteiger partial charge in [0.25, 0.3) is 0 Å². The van der Waals surface area contributed by atoms with Crippen molar-refractivity contribution in [3.8, 4) is 0 Å². The Labute approximate surface area is 49.2 Å². The lowest BCUT2D eigenvalue weighted by Crippen LogP contribution is -2.29. The highest BCUT2D eigenvalue weighted by Crippen LogP contribution is 1.96. The summed E-state index contributed by atoms with van der Waals surface area (Å²) in [6.07, 6.45) is 0. The van der Waals surface area contributed by atoms with Gasteiger partial charge in [-0.2, -0.15) is 4.91 Å². The Bertz CT molecular complexity index is 72.8. The minimum Gasteiger partial charge on any atom is -0.326 e. The molecule has 0 bridgehead atoms. The van der Waals surface area contributed by atoms with E-state index < -0.39 is 0 Å². The summed E-state index contributed by atoms with van der Waals surface area (Å²) in [7, 11) is 0. The summed E-state index contributed by atoms with van der Waals surface area (Å²) in [5.41, 5.74) is 5.43. The Morgan fingerprint density at radius 1 is 1.62 bits per heavy atom. The third kappa shape index (κ3) is 2.69. The van der Waals surface area contributed by atoms with Gasteiger partial charge in [-0.25, -0.2) is 0 Å². The molecule has 0 aromatic carbocycles. The summed E-state index contributed by atoms with van der Waals surface area (Å²) < 4.78 is 0. The van der Waals surface area contributed by atoms with Crippen LogP contribution in [0.25, 0.3) is 0 Å². The topological polar surface area (TPSA) is 55.4 Å².